The highest BCUT2D eigenvalue weighted by Crippen LogP contribution is 2.34. The Morgan fingerprint density at radius 2 is 2.16 bits per heavy atom. The molecule has 4 heteroatoms. The van der Waals surface area contributed by atoms with E-state index in [-0.39, 0.29) is 17.9 Å². The summed E-state index contributed by atoms with van der Waals surface area (Å²) in [5.74, 6) is 0.180. The van der Waals surface area contributed by atoms with E-state index in [1.165, 1.54) is 11.1 Å². The van der Waals surface area contributed by atoms with Crippen molar-refractivity contribution in [3.05, 3.63) is 29.3 Å². The van der Waals surface area contributed by atoms with E-state index in [1.54, 1.807) is 4.90 Å². The lowest BCUT2D eigenvalue weighted by Gasteiger charge is -2.40. The van der Waals surface area contributed by atoms with Crippen molar-refractivity contribution < 1.29 is 14.6 Å². The number of ether oxygens (including phenoxy) is 1. The number of aliphatic hydroxyl groups excluding tert-OH is 1. The first-order valence-corrected chi connectivity index (χ1v) is 6.71. The molecule has 0 radical (unpaired) electrons. The fraction of sp³-hybridized carbons (Fsp3) is 0.533. The Hall–Kier alpha value is -1.39. The molecule has 0 aliphatic carbocycles. The van der Waals surface area contributed by atoms with Crippen LogP contribution >= 0.6 is 0 Å². The molecule has 0 unspecified atom stereocenters. The highest BCUT2D eigenvalue weighted by atomic mass is 16.5. The van der Waals surface area contributed by atoms with Gasteiger partial charge in [0.1, 0.15) is 0 Å². The van der Waals surface area contributed by atoms with Gasteiger partial charge < -0.3 is 14.7 Å². The van der Waals surface area contributed by atoms with Gasteiger partial charge in [-0.3, -0.25) is 4.79 Å². The summed E-state index contributed by atoms with van der Waals surface area (Å²) in [5, 5.41) is 9.48. The van der Waals surface area contributed by atoms with Gasteiger partial charge in [0, 0.05) is 24.6 Å². The minimum Gasteiger partial charge on any atom is -0.396 e. The minimum atomic E-state index is -0.0926. The molecule has 102 valence electrons. The van der Waals surface area contributed by atoms with Gasteiger partial charge in [0.15, 0.2) is 0 Å². The van der Waals surface area contributed by atoms with Crippen molar-refractivity contribution in [2.45, 2.75) is 19.3 Å². The highest BCUT2D eigenvalue weighted by Gasteiger charge is 2.38. The van der Waals surface area contributed by atoms with Gasteiger partial charge in [-0.15, -0.1) is 0 Å². The van der Waals surface area contributed by atoms with Crippen molar-refractivity contribution in [1.29, 1.82) is 0 Å². The molecule has 3 rings (SSSR count). The first kappa shape index (κ1) is 12.6. The second-order valence-corrected chi connectivity index (χ2v) is 5.74. The molecule has 1 fully saturated rings. The number of fused-ring (bicyclic) bond motifs is 1. The second kappa shape index (κ2) is 4.62. The van der Waals surface area contributed by atoms with Crippen molar-refractivity contribution in [2.75, 3.05) is 31.8 Å². The molecule has 19 heavy (non-hydrogen) atoms. The van der Waals surface area contributed by atoms with Gasteiger partial charge in [0.25, 0.3) is 0 Å². The lowest BCUT2D eigenvalue weighted by Crippen LogP contribution is -2.47. The van der Waals surface area contributed by atoms with Crippen molar-refractivity contribution in [3.63, 3.8) is 0 Å². The zero-order chi connectivity index (χ0) is 13.5. The third-order valence-electron chi connectivity index (χ3n) is 4.22. The number of aryl methyl sites for hydroxylation is 1. The van der Waals surface area contributed by atoms with Crippen LogP contribution in [0.15, 0.2) is 18.2 Å². The average Bonchev–Trinajstić information content (AvgIpc) is 2.38. The lowest BCUT2D eigenvalue weighted by atomic mass is 9.80. The highest BCUT2D eigenvalue weighted by molar-refractivity contribution is 5.95. The summed E-state index contributed by atoms with van der Waals surface area (Å²) in [7, 11) is 1.83. The zero-order valence-corrected chi connectivity index (χ0v) is 11.2. The summed E-state index contributed by atoms with van der Waals surface area (Å²) < 4.78 is 5.23. The van der Waals surface area contributed by atoms with Crippen LogP contribution in [-0.2, 0) is 22.4 Å². The molecule has 1 aromatic rings. The average molecular weight is 261 g/mol. The molecule has 2 heterocycles. The maximum Gasteiger partial charge on any atom is 0.227 e. The normalized spacial score (nSPS) is 20.9. The predicted molar refractivity (Wildman–Crippen MR) is 72.2 cm³/mol. The van der Waals surface area contributed by atoms with Crippen LogP contribution in [0.5, 0.6) is 0 Å². The molecule has 1 N–H and O–H groups in total. The Labute approximate surface area is 113 Å². The van der Waals surface area contributed by atoms with E-state index in [0.717, 1.165) is 18.5 Å². The van der Waals surface area contributed by atoms with Gasteiger partial charge in [-0.05, 0) is 30.0 Å². The fourth-order valence-electron chi connectivity index (χ4n) is 2.89. The molecule has 0 saturated carbocycles. The molecular weight excluding hydrogens is 242 g/mol. The maximum absolute atomic E-state index is 11.6. The van der Waals surface area contributed by atoms with E-state index in [0.29, 0.717) is 19.6 Å². The Balaban J connectivity index is 1.84. The zero-order valence-electron chi connectivity index (χ0n) is 11.2. The quantitative estimate of drug-likeness (QED) is 0.888. The number of carbonyl (C=O) groups excluding carboxylic acids is 1. The largest absolute Gasteiger partial charge is 0.396 e. The minimum absolute atomic E-state index is 0.0926. The number of hydrogen-bond donors (Lipinski definition) is 1. The first-order valence-electron chi connectivity index (χ1n) is 6.71. The number of amides is 1. The lowest BCUT2D eigenvalue weighted by molar-refractivity contribution is -0.136. The standard InChI is InChI=1S/C15H19NO3/c1-16-13-4-2-11(6-12(13)3-5-14(16)18)7-15(8-17)9-19-10-15/h2,4,6,17H,3,5,7-10H2,1H3. The molecule has 0 bridgehead atoms. The summed E-state index contributed by atoms with van der Waals surface area (Å²) in [5.41, 5.74) is 3.37. The van der Waals surface area contributed by atoms with Gasteiger partial charge >= 0.3 is 0 Å². The monoisotopic (exact) mass is 261 g/mol. The molecule has 0 spiro atoms. The van der Waals surface area contributed by atoms with Crippen LogP contribution in [0.2, 0.25) is 0 Å². The van der Waals surface area contributed by atoms with Gasteiger partial charge in [-0.1, -0.05) is 12.1 Å². The number of nitrogens with zero attached hydrogens (tertiary/aromatic N) is 1. The Bertz CT molecular complexity index is 503. The molecule has 1 amide bonds. The first-order chi connectivity index (χ1) is 9.13. The van der Waals surface area contributed by atoms with Crippen LogP contribution in [0, 0.1) is 5.41 Å². The van der Waals surface area contributed by atoms with Crippen molar-refractivity contribution in [2.24, 2.45) is 5.41 Å². The van der Waals surface area contributed by atoms with Crippen LogP contribution < -0.4 is 4.90 Å². The van der Waals surface area contributed by atoms with E-state index in [9.17, 15) is 9.90 Å². The summed E-state index contributed by atoms with van der Waals surface area (Å²) >= 11 is 0. The molecule has 0 aromatic heterocycles. The van der Waals surface area contributed by atoms with Crippen LogP contribution in [0.3, 0.4) is 0 Å². The van der Waals surface area contributed by atoms with Crippen LogP contribution in [0.1, 0.15) is 17.5 Å². The van der Waals surface area contributed by atoms with Gasteiger partial charge in [-0.2, -0.15) is 0 Å². The smallest absolute Gasteiger partial charge is 0.227 e. The van der Waals surface area contributed by atoms with Gasteiger partial charge in [0.05, 0.1) is 19.8 Å². The Morgan fingerprint density at radius 3 is 2.79 bits per heavy atom. The number of anilines is 1. The summed E-state index contributed by atoms with van der Waals surface area (Å²) in [4.78, 5) is 13.4. The summed E-state index contributed by atoms with van der Waals surface area (Å²) in [6, 6.07) is 6.25. The molecular formula is C15H19NO3. The number of rotatable bonds is 3. The topological polar surface area (TPSA) is 49.8 Å². The maximum atomic E-state index is 11.6. The second-order valence-electron chi connectivity index (χ2n) is 5.74. The third kappa shape index (κ3) is 2.15. The molecule has 0 atom stereocenters. The van der Waals surface area contributed by atoms with E-state index >= 15 is 0 Å². The molecule has 1 saturated heterocycles. The van der Waals surface area contributed by atoms with Crippen molar-refractivity contribution in [1.82, 2.24) is 0 Å². The van der Waals surface area contributed by atoms with Crippen molar-refractivity contribution in [3.8, 4) is 0 Å². The van der Waals surface area contributed by atoms with Gasteiger partial charge in [-0.25, -0.2) is 0 Å². The molecule has 4 nitrogen and oxygen atoms in total. The fourth-order valence-corrected chi connectivity index (χ4v) is 2.89. The predicted octanol–water partition coefficient (Wildman–Crippen LogP) is 1.15. The molecule has 2 aliphatic heterocycles. The number of aliphatic hydroxyl groups is 1. The van der Waals surface area contributed by atoms with Crippen LogP contribution in [-0.4, -0.2) is 37.9 Å². The summed E-state index contributed by atoms with van der Waals surface area (Å²) in [6.45, 7) is 1.44. The van der Waals surface area contributed by atoms with Crippen molar-refractivity contribution >= 4 is 11.6 Å². The summed E-state index contributed by atoms with van der Waals surface area (Å²) in [6.07, 6.45) is 2.24. The van der Waals surface area contributed by atoms with E-state index in [4.69, 9.17) is 4.74 Å². The van der Waals surface area contributed by atoms with Crippen LogP contribution in [0.25, 0.3) is 0 Å². The molecule has 1 aromatic carbocycles. The van der Waals surface area contributed by atoms with E-state index in [2.05, 4.69) is 12.1 Å². The number of hydrogen-bond acceptors (Lipinski definition) is 3. The van der Waals surface area contributed by atoms with Gasteiger partial charge in [0.2, 0.25) is 5.91 Å². The Kier molecular flexibility index (Phi) is 3.07. The van der Waals surface area contributed by atoms with Crippen LogP contribution in [0.4, 0.5) is 5.69 Å². The number of benzene rings is 1. The van der Waals surface area contributed by atoms with E-state index < -0.39 is 0 Å². The SMILES string of the molecule is CN1C(=O)CCc2cc(CC3(CO)COC3)ccc21. The Morgan fingerprint density at radius 1 is 1.37 bits per heavy atom. The van der Waals surface area contributed by atoms with E-state index in [1.807, 2.05) is 13.1 Å². The molecule has 2 aliphatic rings. The third-order valence-corrected chi connectivity index (χ3v) is 4.22. The number of carbonyl (C=O) groups is 1.